The fraction of sp³-hybridized carbons (Fsp3) is 1.00. The second-order valence-corrected chi connectivity index (χ2v) is 15.7. The maximum absolute atomic E-state index is 13.1. The van der Waals surface area contributed by atoms with Crippen LogP contribution in [-0.4, -0.2) is 109 Å². The Morgan fingerprint density at radius 2 is 1.05 bits per heavy atom. The van der Waals surface area contributed by atoms with Crippen molar-refractivity contribution >= 4 is 7.82 Å². The minimum atomic E-state index is -3.54. The van der Waals surface area contributed by atoms with Crippen LogP contribution < -0.4 is 0 Å². The molecular weight excluding hydrogens is 521 g/mol. The lowest BCUT2D eigenvalue weighted by Crippen LogP contribution is -2.41. The van der Waals surface area contributed by atoms with Gasteiger partial charge in [-0.3, -0.25) is 13.6 Å². The van der Waals surface area contributed by atoms with Crippen molar-refractivity contribution in [2.75, 3.05) is 88.7 Å². The summed E-state index contributed by atoms with van der Waals surface area (Å²) in [5, 5.41) is 0. The van der Waals surface area contributed by atoms with Gasteiger partial charge in [0.15, 0.2) is 0 Å². The molecule has 0 N–H and O–H groups in total. The normalized spacial score (nSPS) is 15.1. The van der Waals surface area contributed by atoms with Crippen molar-refractivity contribution in [3.05, 3.63) is 0 Å². The van der Waals surface area contributed by atoms with Gasteiger partial charge in [0.25, 0.3) is 0 Å². The number of nitrogens with zero attached hydrogens (tertiary/aromatic N) is 3. The maximum Gasteiger partial charge on any atom is 0.474 e. The molecule has 0 radical (unpaired) electrons. The summed E-state index contributed by atoms with van der Waals surface area (Å²) >= 11 is 0. The van der Waals surface area contributed by atoms with Gasteiger partial charge in [-0.05, 0) is 13.3 Å². The highest BCUT2D eigenvalue weighted by molar-refractivity contribution is 7.48. The Kier molecular flexibility index (Phi) is 23.4. The van der Waals surface area contributed by atoms with Gasteiger partial charge >= 0.3 is 7.82 Å². The zero-order chi connectivity index (χ0) is 30.3. The molecule has 0 rings (SSSR count). The van der Waals surface area contributed by atoms with Crippen LogP contribution in [0.5, 0.6) is 0 Å². The highest BCUT2D eigenvalue weighted by Crippen LogP contribution is 2.49. The predicted molar refractivity (Wildman–Crippen MR) is 173 cm³/mol. The minimum absolute atomic E-state index is 0.227. The third kappa shape index (κ3) is 26.9. The molecule has 2 atom stereocenters. The van der Waals surface area contributed by atoms with Crippen LogP contribution in [0.25, 0.3) is 0 Å². The average molecular weight is 594 g/mol. The zero-order valence-electron chi connectivity index (χ0n) is 28.6. The Morgan fingerprint density at radius 3 is 1.43 bits per heavy atom. The number of hydrogen-bond donors (Lipinski definition) is 0. The van der Waals surface area contributed by atoms with Crippen molar-refractivity contribution in [3.63, 3.8) is 0 Å². The summed E-state index contributed by atoms with van der Waals surface area (Å²) in [6.07, 6.45) is 20.4. The highest BCUT2D eigenvalue weighted by atomic mass is 31.2. The lowest BCUT2D eigenvalue weighted by atomic mass is 10.0. The molecule has 0 heterocycles. The average Bonchev–Trinajstić information content (AvgIpc) is 2.84. The Morgan fingerprint density at radius 1 is 0.650 bits per heavy atom. The van der Waals surface area contributed by atoms with Crippen LogP contribution in [0, 0.1) is 0 Å². The molecule has 7 nitrogen and oxygen atoms in total. The van der Waals surface area contributed by atoms with Gasteiger partial charge in [0.2, 0.25) is 0 Å². The Labute approximate surface area is 251 Å². The van der Waals surface area contributed by atoms with Crippen LogP contribution in [0.2, 0.25) is 0 Å². The first kappa shape index (κ1) is 40.0. The van der Waals surface area contributed by atoms with Gasteiger partial charge in [-0.15, -0.1) is 0 Å². The third-order valence-electron chi connectivity index (χ3n) is 7.40. The molecule has 0 saturated heterocycles. The fourth-order valence-electron chi connectivity index (χ4n) is 5.05. The number of unbranched alkanes of at least 4 members (excludes halogenated alkanes) is 13. The van der Waals surface area contributed by atoms with Gasteiger partial charge in [-0.25, -0.2) is 4.57 Å². The van der Waals surface area contributed by atoms with Crippen LogP contribution in [-0.2, 0) is 18.1 Å². The topological polar surface area (TPSA) is 48.0 Å². The molecule has 8 heteroatoms. The summed E-state index contributed by atoms with van der Waals surface area (Å²) in [6, 6.07) is 0. The minimum Gasteiger partial charge on any atom is -0.331 e. The Balaban J connectivity index is 4.20. The number of rotatable bonds is 29. The smallest absolute Gasteiger partial charge is 0.331 e. The van der Waals surface area contributed by atoms with E-state index in [1.54, 1.807) is 0 Å². The summed E-state index contributed by atoms with van der Waals surface area (Å²) in [7, 11) is 11.3. The molecule has 0 fully saturated rings. The van der Waals surface area contributed by atoms with Crippen molar-refractivity contribution in [1.82, 2.24) is 4.90 Å². The highest BCUT2D eigenvalue weighted by Gasteiger charge is 2.28. The standard InChI is InChI=1S/C32H72N3O4P/c1-10-11-12-13-14-15-16-17-18-19-20-21-22-23-30-38-40(36,37-9)39-32(2)31-33(26-24-28-34(3,4)5)27-25-29-35(6,7)8/h32H,10-31H2,1-9H3/q+2. The van der Waals surface area contributed by atoms with E-state index < -0.39 is 7.82 Å². The lowest BCUT2D eigenvalue weighted by Gasteiger charge is -2.30. The van der Waals surface area contributed by atoms with Gasteiger partial charge in [0.05, 0.1) is 68.1 Å². The molecule has 0 bridgehead atoms. The van der Waals surface area contributed by atoms with Crippen LogP contribution in [0.3, 0.4) is 0 Å². The molecule has 40 heavy (non-hydrogen) atoms. The Bertz CT molecular complexity index is 602. The van der Waals surface area contributed by atoms with E-state index in [1.807, 2.05) is 6.92 Å². The van der Waals surface area contributed by atoms with Crippen molar-refractivity contribution in [3.8, 4) is 0 Å². The molecule has 0 spiro atoms. The third-order valence-corrected chi connectivity index (χ3v) is 8.97. The quantitative estimate of drug-likeness (QED) is 0.0498. The van der Waals surface area contributed by atoms with Gasteiger partial charge in [-0.2, -0.15) is 0 Å². The van der Waals surface area contributed by atoms with E-state index in [0.29, 0.717) is 6.61 Å². The van der Waals surface area contributed by atoms with E-state index in [1.165, 1.54) is 84.2 Å². The largest absolute Gasteiger partial charge is 0.474 e. The van der Waals surface area contributed by atoms with Crippen molar-refractivity contribution in [1.29, 1.82) is 0 Å². The van der Waals surface area contributed by atoms with E-state index in [4.69, 9.17) is 13.6 Å². The molecule has 0 amide bonds. The first-order valence-corrected chi connectivity index (χ1v) is 18.1. The van der Waals surface area contributed by atoms with Crippen LogP contribution >= 0.6 is 7.82 Å². The molecule has 0 aromatic rings. The second kappa shape index (κ2) is 23.4. The molecule has 0 saturated carbocycles. The van der Waals surface area contributed by atoms with E-state index >= 15 is 0 Å². The van der Waals surface area contributed by atoms with Crippen LogP contribution in [0.15, 0.2) is 0 Å². The monoisotopic (exact) mass is 594 g/mol. The second-order valence-electron chi connectivity index (χ2n) is 14.0. The van der Waals surface area contributed by atoms with Crippen molar-refractivity contribution in [2.45, 2.75) is 123 Å². The van der Waals surface area contributed by atoms with E-state index in [9.17, 15) is 4.57 Å². The number of hydrogen-bond acceptors (Lipinski definition) is 5. The van der Waals surface area contributed by atoms with Crippen molar-refractivity contribution < 1.29 is 27.1 Å². The molecular formula is C32H72N3O4P+2. The van der Waals surface area contributed by atoms with E-state index in [-0.39, 0.29) is 6.10 Å². The zero-order valence-corrected chi connectivity index (χ0v) is 29.4. The van der Waals surface area contributed by atoms with Gasteiger partial charge < -0.3 is 13.9 Å². The van der Waals surface area contributed by atoms with Gasteiger partial charge in [0, 0.05) is 39.6 Å². The predicted octanol–water partition coefficient (Wildman–Crippen LogP) is 8.14. The van der Waals surface area contributed by atoms with Gasteiger partial charge in [0.1, 0.15) is 0 Å². The lowest BCUT2D eigenvalue weighted by molar-refractivity contribution is -0.870. The van der Waals surface area contributed by atoms with Gasteiger partial charge in [-0.1, -0.05) is 90.4 Å². The van der Waals surface area contributed by atoms with Crippen LogP contribution in [0.1, 0.15) is 117 Å². The summed E-state index contributed by atoms with van der Waals surface area (Å²) in [5.74, 6) is 0. The molecule has 242 valence electrons. The molecule has 0 aliphatic carbocycles. The molecule has 0 aromatic carbocycles. The van der Waals surface area contributed by atoms with E-state index in [0.717, 1.165) is 67.4 Å². The number of phosphoric ester groups is 1. The molecule has 2 unspecified atom stereocenters. The van der Waals surface area contributed by atoms with Crippen molar-refractivity contribution in [2.24, 2.45) is 0 Å². The summed E-state index contributed by atoms with van der Waals surface area (Å²) in [6.45, 7) is 9.68. The first-order valence-electron chi connectivity index (χ1n) is 16.6. The fourth-order valence-corrected chi connectivity index (χ4v) is 6.16. The summed E-state index contributed by atoms with van der Waals surface area (Å²) in [4.78, 5) is 2.45. The molecule has 0 aliphatic heterocycles. The summed E-state index contributed by atoms with van der Waals surface area (Å²) in [5.41, 5.74) is 0. The number of phosphoric acid groups is 1. The van der Waals surface area contributed by atoms with Crippen LogP contribution in [0.4, 0.5) is 0 Å². The first-order chi connectivity index (χ1) is 18.8. The number of quaternary nitrogens is 2. The SMILES string of the molecule is CCCCCCCCCCCCCCCCOP(=O)(OC)OC(C)CN(CCC[N+](C)(C)C)CCC[N+](C)(C)C. The van der Waals surface area contributed by atoms with E-state index in [2.05, 4.69) is 54.1 Å². The Hall–Kier alpha value is -0.0100. The maximum atomic E-state index is 13.1. The molecule has 0 aliphatic rings. The molecule has 0 aromatic heterocycles. The summed E-state index contributed by atoms with van der Waals surface area (Å²) < 4.78 is 31.9.